The highest BCUT2D eigenvalue weighted by atomic mass is 16.8. The standard InChI is InChI=1S/C29H29NO10/c1-18(30(16-25(31)32)26(33)24-17-38-29(40-24,27(34)35)28(36)37)21(13-12-19-8-4-2-5-9-19)23-15-14-22(39-23)20-10-6-3-7-11-20/h2-11,14-15,18,21,24H,12-13,16-17H2,1H3,(H,31,32)(H,34,35)(H,36,37). The number of carboxylic acids is 3. The first-order valence-corrected chi connectivity index (χ1v) is 12.6. The van der Waals surface area contributed by atoms with Crippen molar-refractivity contribution in [2.45, 2.75) is 43.6 Å². The van der Waals surface area contributed by atoms with Gasteiger partial charge in [-0.25, -0.2) is 9.59 Å². The van der Waals surface area contributed by atoms with Gasteiger partial charge in [0.1, 0.15) is 18.1 Å². The summed E-state index contributed by atoms with van der Waals surface area (Å²) in [7, 11) is 0. The van der Waals surface area contributed by atoms with E-state index in [0.717, 1.165) is 16.0 Å². The molecule has 3 unspecified atom stereocenters. The number of hydrogen-bond acceptors (Lipinski definition) is 7. The maximum Gasteiger partial charge on any atom is 0.377 e. The Bertz CT molecular complexity index is 1340. The van der Waals surface area contributed by atoms with E-state index in [1.54, 1.807) is 19.1 Å². The molecule has 0 aliphatic carbocycles. The van der Waals surface area contributed by atoms with Crippen LogP contribution < -0.4 is 0 Å². The number of aryl methyl sites for hydroxylation is 1. The van der Waals surface area contributed by atoms with Crippen molar-refractivity contribution in [1.29, 1.82) is 0 Å². The summed E-state index contributed by atoms with van der Waals surface area (Å²) in [6.07, 6.45) is -0.566. The molecule has 3 N–H and O–H groups in total. The van der Waals surface area contributed by atoms with E-state index in [4.69, 9.17) is 13.9 Å². The molecule has 11 heteroatoms. The molecular weight excluding hydrogens is 522 g/mol. The Kier molecular flexibility index (Phi) is 8.66. The predicted octanol–water partition coefficient (Wildman–Crippen LogP) is 3.25. The van der Waals surface area contributed by atoms with Gasteiger partial charge in [-0.15, -0.1) is 0 Å². The Balaban J connectivity index is 1.65. The summed E-state index contributed by atoms with van der Waals surface area (Å²) in [6.45, 7) is 0.258. The zero-order valence-corrected chi connectivity index (χ0v) is 21.6. The second-order valence-electron chi connectivity index (χ2n) is 9.44. The summed E-state index contributed by atoms with van der Waals surface area (Å²) in [5.41, 5.74) is 1.88. The summed E-state index contributed by atoms with van der Waals surface area (Å²) in [5.74, 6) is -8.49. The highest BCUT2D eigenvalue weighted by molar-refractivity contribution is 6.01. The number of hydrogen-bond donors (Lipinski definition) is 3. The highest BCUT2D eigenvalue weighted by Gasteiger charge is 2.58. The van der Waals surface area contributed by atoms with Crippen LogP contribution in [0.4, 0.5) is 0 Å². The summed E-state index contributed by atoms with van der Waals surface area (Å²) in [6, 6.07) is 21.9. The molecule has 4 rings (SSSR count). The highest BCUT2D eigenvalue weighted by Crippen LogP contribution is 2.34. The Labute approximate surface area is 229 Å². The molecule has 2 aromatic carbocycles. The number of furan rings is 1. The summed E-state index contributed by atoms with van der Waals surface area (Å²) in [4.78, 5) is 49.6. The number of ether oxygens (including phenoxy) is 2. The van der Waals surface area contributed by atoms with Gasteiger partial charge in [-0.1, -0.05) is 60.7 Å². The molecule has 0 spiro atoms. The van der Waals surface area contributed by atoms with E-state index in [0.29, 0.717) is 24.4 Å². The molecule has 1 saturated heterocycles. The van der Waals surface area contributed by atoms with Crippen molar-refractivity contribution in [1.82, 2.24) is 4.90 Å². The number of amides is 1. The van der Waals surface area contributed by atoms with Gasteiger partial charge in [-0.3, -0.25) is 9.59 Å². The lowest BCUT2D eigenvalue weighted by Crippen LogP contribution is -2.52. The van der Waals surface area contributed by atoms with Crippen LogP contribution in [0.25, 0.3) is 11.3 Å². The smallest absolute Gasteiger partial charge is 0.377 e. The second kappa shape index (κ2) is 12.1. The molecule has 2 heterocycles. The minimum absolute atomic E-state index is 0.479. The van der Waals surface area contributed by atoms with Crippen LogP contribution in [0.1, 0.15) is 30.6 Å². The fraction of sp³-hybridized carbons (Fsp3) is 0.310. The van der Waals surface area contributed by atoms with E-state index < -0.39 is 60.8 Å². The SMILES string of the molecule is CC(C(CCc1ccccc1)c1ccc(-c2ccccc2)o1)N(CC(=O)O)C(=O)C1COC(C(=O)O)(C(=O)O)O1. The van der Waals surface area contributed by atoms with Crippen molar-refractivity contribution >= 4 is 23.8 Å². The first kappa shape index (κ1) is 28.5. The molecule has 1 fully saturated rings. The number of aliphatic carboxylic acids is 3. The fourth-order valence-electron chi connectivity index (χ4n) is 4.77. The van der Waals surface area contributed by atoms with Crippen molar-refractivity contribution < 1.29 is 48.4 Å². The lowest BCUT2D eigenvalue weighted by molar-refractivity contribution is -0.218. The Morgan fingerprint density at radius 2 is 1.55 bits per heavy atom. The average Bonchev–Trinajstić information content (AvgIpc) is 3.62. The van der Waals surface area contributed by atoms with E-state index in [-0.39, 0.29) is 0 Å². The Morgan fingerprint density at radius 1 is 0.925 bits per heavy atom. The van der Waals surface area contributed by atoms with Crippen LogP contribution in [-0.4, -0.2) is 75.1 Å². The molecule has 40 heavy (non-hydrogen) atoms. The quantitative estimate of drug-likeness (QED) is 0.285. The molecule has 1 aliphatic heterocycles. The molecule has 0 bridgehead atoms. The minimum Gasteiger partial charge on any atom is -0.480 e. The van der Waals surface area contributed by atoms with Gasteiger partial charge in [0, 0.05) is 17.5 Å². The third kappa shape index (κ3) is 6.05. The van der Waals surface area contributed by atoms with Gasteiger partial charge in [0.15, 0.2) is 6.10 Å². The van der Waals surface area contributed by atoms with E-state index in [2.05, 4.69) is 0 Å². The lowest BCUT2D eigenvalue weighted by atomic mass is 9.90. The first-order valence-electron chi connectivity index (χ1n) is 12.6. The normalized spacial score (nSPS) is 17.6. The summed E-state index contributed by atoms with van der Waals surface area (Å²) >= 11 is 0. The maximum atomic E-state index is 13.5. The number of rotatable bonds is 12. The number of carbonyl (C=O) groups excluding carboxylic acids is 1. The van der Waals surface area contributed by atoms with E-state index in [1.165, 1.54) is 0 Å². The number of benzene rings is 2. The molecule has 11 nitrogen and oxygen atoms in total. The number of carbonyl (C=O) groups is 4. The van der Waals surface area contributed by atoms with Crippen molar-refractivity contribution in [2.24, 2.45) is 0 Å². The largest absolute Gasteiger partial charge is 0.480 e. The van der Waals surface area contributed by atoms with Crippen molar-refractivity contribution in [2.75, 3.05) is 13.2 Å². The minimum atomic E-state index is -3.06. The Morgan fingerprint density at radius 3 is 2.12 bits per heavy atom. The molecule has 3 aromatic rings. The van der Waals surface area contributed by atoms with Crippen LogP contribution in [0.2, 0.25) is 0 Å². The van der Waals surface area contributed by atoms with Gasteiger partial charge in [0.25, 0.3) is 5.91 Å². The van der Waals surface area contributed by atoms with E-state index in [1.807, 2.05) is 60.7 Å². The molecule has 3 atom stereocenters. The second-order valence-corrected chi connectivity index (χ2v) is 9.44. The van der Waals surface area contributed by atoms with Crippen molar-refractivity contribution in [3.05, 3.63) is 84.1 Å². The first-order chi connectivity index (χ1) is 19.1. The summed E-state index contributed by atoms with van der Waals surface area (Å²) < 4.78 is 16.2. The van der Waals surface area contributed by atoms with Crippen LogP contribution >= 0.6 is 0 Å². The fourth-order valence-corrected chi connectivity index (χ4v) is 4.77. The van der Waals surface area contributed by atoms with Gasteiger partial charge in [0.2, 0.25) is 0 Å². The molecule has 1 aliphatic rings. The lowest BCUT2D eigenvalue weighted by Gasteiger charge is -2.34. The van der Waals surface area contributed by atoms with Crippen molar-refractivity contribution in [3.8, 4) is 11.3 Å². The number of nitrogens with zero attached hydrogens (tertiary/aromatic N) is 1. The van der Waals surface area contributed by atoms with Crippen LogP contribution in [0, 0.1) is 0 Å². The van der Waals surface area contributed by atoms with Crippen LogP contribution in [0.15, 0.2) is 77.2 Å². The number of carboxylic acid groups (broad SMARTS) is 3. The third-order valence-electron chi connectivity index (χ3n) is 6.88. The van der Waals surface area contributed by atoms with Crippen LogP contribution in [0.3, 0.4) is 0 Å². The summed E-state index contributed by atoms with van der Waals surface area (Å²) in [5, 5.41) is 28.4. The van der Waals surface area contributed by atoms with E-state index in [9.17, 15) is 34.5 Å². The van der Waals surface area contributed by atoms with Crippen molar-refractivity contribution in [3.63, 3.8) is 0 Å². The Hall–Kier alpha value is -4.48. The molecule has 0 saturated carbocycles. The van der Waals surface area contributed by atoms with E-state index >= 15 is 0 Å². The average molecular weight is 552 g/mol. The monoisotopic (exact) mass is 551 g/mol. The van der Waals surface area contributed by atoms with Gasteiger partial charge in [-0.05, 0) is 37.5 Å². The third-order valence-corrected chi connectivity index (χ3v) is 6.88. The zero-order chi connectivity index (χ0) is 28.9. The molecular formula is C29H29NO10. The van der Waals surface area contributed by atoms with Gasteiger partial charge >= 0.3 is 23.7 Å². The predicted molar refractivity (Wildman–Crippen MR) is 139 cm³/mol. The van der Waals surface area contributed by atoms with Crippen LogP contribution in [0.5, 0.6) is 0 Å². The zero-order valence-electron chi connectivity index (χ0n) is 21.6. The van der Waals surface area contributed by atoms with Gasteiger partial charge in [0.05, 0.1) is 6.61 Å². The molecule has 210 valence electrons. The van der Waals surface area contributed by atoms with Gasteiger partial charge in [-0.2, -0.15) is 0 Å². The topological polar surface area (TPSA) is 164 Å². The molecule has 1 amide bonds. The maximum absolute atomic E-state index is 13.5. The van der Waals surface area contributed by atoms with Crippen LogP contribution in [-0.2, 0) is 35.1 Å². The molecule has 1 aromatic heterocycles. The molecule has 0 radical (unpaired) electrons. The van der Waals surface area contributed by atoms with Gasteiger partial charge < -0.3 is 34.1 Å².